The maximum absolute atomic E-state index is 5.70. The second-order valence-electron chi connectivity index (χ2n) is 3.75. The lowest BCUT2D eigenvalue weighted by atomic mass is 9.95. The average molecular weight is 188 g/mol. The first-order chi connectivity index (χ1) is 6.22. The minimum Gasteiger partial charge on any atom is -0.376 e. The fourth-order valence-electron chi connectivity index (χ4n) is 2.20. The monoisotopic (exact) mass is 188 g/mol. The molecule has 2 aliphatic rings. The maximum Gasteiger partial charge on any atom is 0.122 e. The van der Waals surface area contributed by atoms with Crippen molar-refractivity contribution >= 4 is 0 Å². The number of rotatable bonds is 2. The molecule has 4 atom stereocenters. The van der Waals surface area contributed by atoms with Gasteiger partial charge in [0.05, 0.1) is 13.2 Å². The highest BCUT2D eigenvalue weighted by Gasteiger charge is 2.57. The van der Waals surface area contributed by atoms with Gasteiger partial charge in [-0.2, -0.15) is 0 Å². The molecule has 0 aromatic rings. The Balaban J connectivity index is 2.15. The van der Waals surface area contributed by atoms with Crippen LogP contribution in [0.1, 0.15) is 6.92 Å². The summed E-state index contributed by atoms with van der Waals surface area (Å²) in [5.41, 5.74) is -0.324. The molecule has 0 bridgehead atoms. The molecule has 4 heteroatoms. The normalized spacial score (nSPS) is 49.6. The second kappa shape index (κ2) is 3.20. The topological polar surface area (TPSA) is 36.9 Å². The van der Waals surface area contributed by atoms with Gasteiger partial charge in [0.1, 0.15) is 23.9 Å². The molecule has 0 saturated carbocycles. The quantitative estimate of drug-likeness (QED) is 0.620. The Morgan fingerprint density at radius 2 is 2.00 bits per heavy atom. The van der Waals surface area contributed by atoms with E-state index in [2.05, 4.69) is 0 Å². The van der Waals surface area contributed by atoms with Gasteiger partial charge < -0.3 is 18.9 Å². The van der Waals surface area contributed by atoms with E-state index in [1.54, 1.807) is 14.2 Å². The standard InChI is InChI=1S/C9H16O4/c1-9-7(11-3)5-12-8(9)6(10-2)4-13-9/h6-8H,4-5H2,1-3H3/t6-,7-,8-,9-/m1/s1. The summed E-state index contributed by atoms with van der Waals surface area (Å²) in [4.78, 5) is 0. The van der Waals surface area contributed by atoms with Crippen molar-refractivity contribution in [1.82, 2.24) is 0 Å². The van der Waals surface area contributed by atoms with Gasteiger partial charge in [-0.1, -0.05) is 0 Å². The third kappa shape index (κ3) is 1.21. The van der Waals surface area contributed by atoms with Crippen molar-refractivity contribution in [3.8, 4) is 0 Å². The maximum atomic E-state index is 5.70. The van der Waals surface area contributed by atoms with Gasteiger partial charge in [-0.15, -0.1) is 0 Å². The predicted octanol–water partition coefficient (Wildman–Crippen LogP) is 0.204. The van der Waals surface area contributed by atoms with Gasteiger partial charge in [0.2, 0.25) is 0 Å². The summed E-state index contributed by atoms with van der Waals surface area (Å²) in [5, 5.41) is 0. The molecule has 0 aromatic carbocycles. The predicted molar refractivity (Wildman–Crippen MR) is 45.7 cm³/mol. The Labute approximate surface area is 78.1 Å². The smallest absolute Gasteiger partial charge is 0.122 e. The lowest BCUT2D eigenvalue weighted by Crippen LogP contribution is -2.45. The van der Waals surface area contributed by atoms with E-state index < -0.39 is 0 Å². The summed E-state index contributed by atoms with van der Waals surface area (Å²) < 4.78 is 21.9. The summed E-state index contributed by atoms with van der Waals surface area (Å²) in [6.07, 6.45) is 0.0882. The van der Waals surface area contributed by atoms with Gasteiger partial charge in [0, 0.05) is 14.2 Å². The van der Waals surface area contributed by atoms with Crippen LogP contribution in [0.3, 0.4) is 0 Å². The van der Waals surface area contributed by atoms with Crippen molar-refractivity contribution in [2.24, 2.45) is 0 Å². The summed E-state index contributed by atoms with van der Waals surface area (Å²) >= 11 is 0. The van der Waals surface area contributed by atoms with Crippen LogP contribution in [-0.4, -0.2) is 51.3 Å². The van der Waals surface area contributed by atoms with Crippen LogP contribution >= 0.6 is 0 Å². The highest BCUT2D eigenvalue weighted by Crippen LogP contribution is 2.39. The van der Waals surface area contributed by atoms with Gasteiger partial charge >= 0.3 is 0 Å². The van der Waals surface area contributed by atoms with E-state index >= 15 is 0 Å². The zero-order chi connectivity index (χ0) is 9.47. The van der Waals surface area contributed by atoms with E-state index in [1.807, 2.05) is 6.92 Å². The van der Waals surface area contributed by atoms with Crippen molar-refractivity contribution in [3.63, 3.8) is 0 Å². The molecular weight excluding hydrogens is 172 g/mol. The molecule has 0 aliphatic carbocycles. The fraction of sp³-hybridized carbons (Fsp3) is 1.00. The number of hydrogen-bond acceptors (Lipinski definition) is 4. The van der Waals surface area contributed by atoms with Crippen molar-refractivity contribution in [2.75, 3.05) is 27.4 Å². The molecule has 76 valence electrons. The number of hydrogen-bond donors (Lipinski definition) is 0. The van der Waals surface area contributed by atoms with Crippen LogP contribution in [0.15, 0.2) is 0 Å². The van der Waals surface area contributed by atoms with Gasteiger partial charge in [0.25, 0.3) is 0 Å². The first-order valence-electron chi connectivity index (χ1n) is 4.53. The Morgan fingerprint density at radius 3 is 2.62 bits per heavy atom. The molecule has 0 N–H and O–H groups in total. The third-order valence-electron chi connectivity index (χ3n) is 3.11. The van der Waals surface area contributed by atoms with Crippen LogP contribution in [-0.2, 0) is 18.9 Å². The fourth-order valence-corrected chi connectivity index (χ4v) is 2.20. The average Bonchev–Trinajstić information content (AvgIpc) is 2.59. The van der Waals surface area contributed by atoms with E-state index in [4.69, 9.17) is 18.9 Å². The highest BCUT2D eigenvalue weighted by atomic mass is 16.6. The van der Waals surface area contributed by atoms with E-state index in [1.165, 1.54) is 0 Å². The summed E-state index contributed by atoms with van der Waals surface area (Å²) in [5.74, 6) is 0. The van der Waals surface area contributed by atoms with Crippen LogP contribution in [0.5, 0.6) is 0 Å². The SMILES string of the molecule is CO[C@@H]1CO[C@@]2(C)[C@@H]1OC[C@H]2OC. The molecule has 0 radical (unpaired) electrons. The van der Waals surface area contributed by atoms with E-state index in [9.17, 15) is 0 Å². The molecule has 0 spiro atoms. The van der Waals surface area contributed by atoms with Crippen molar-refractivity contribution in [3.05, 3.63) is 0 Å². The zero-order valence-corrected chi connectivity index (χ0v) is 8.28. The lowest BCUT2D eigenvalue weighted by Gasteiger charge is -2.27. The Bertz CT molecular complexity index is 196. The molecule has 13 heavy (non-hydrogen) atoms. The van der Waals surface area contributed by atoms with Crippen LogP contribution in [0.25, 0.3) is 0 Å². The molecule has 2 rings (SSSR count). The molecule has 0 aromatic heterocycles. The molecular formula is C9H16O4. The molecule has 4 nitrogen and oxygen atoms in total. The van der Waals surface area contributed by atoms with Crippen LogP contribution < -0.4 is 0 Å². The van der Waals surface area contributed by atoms with Crippen LogP contribution in [0.4, 0.5) is 0 Å². The molecule has 2 aliphatic heterocycles. The zero-order valence-electron chi connectivity index (χ0n) is 8.28. The molecule has 2 heterocycles. The molecule has 2 fully saturated rings. The van der Waals surface area contributed by atoms with Crippen molar-refractivity contribution in [2.45, 2.75) is 30.8 Å². The van der Waals surface area contributed by atoms with Crippen molar-refractivity contribution in [1.29, 1.82) is 0 Å². The number of fused-ring (bicyclic) bond motifs is 1. The largest absolute Gasteiger partial charge is 0.376 e. The van der Waals surface area contributed by atoms with Crippen LogP contribution in [0, 0.1) is 0 Å². The minimum absolute atomic E-state index is 0.0162. The molecule has 2 saturated heterocycles. The van der Waals surface area contributed by atoms with E-state index in [0.717, 1.165) is 0 Å². The Morgan fingerprint density at radius 1 is 1.23 bits per heavy atom. The number of methoxy groups -OCH3 is 2. The van der Waals surface area contributed by atoms with E-state index in [-0.39, 0.29) is 23.9 Å². The lowest BCUT2D eigenvalue weighted by molar-refractivity contribution is -0.0774. The van der Waals surface area contributed by atoms with Gasteiger partial charge in [0.15, 0.2) is 0 Å². The van der Waals surface area contributed by atoms with E-state index in [0.29, 0.717) is 13.2 Å². The van der Waals surface area contributed by atoms with Gasteiger partial charge in [-0.3, -0.25) is 0 Å². The summed E-state index contributed by atoms with van der Waals surface area (Å²) in [6.45, 7) is 3.22. The second-order valence-corrected chi connectivity index (χ2v) is 3.75. The Hall–Kier alpha value is -0.160. The van der Waals surface area contributed by atoms with Crippen LogP contribution in [0.2, 0.25) is 0 Å². The molecule has 0 unspecified atom stereocenters. The number of ether oxygens (including phenoxy) is 4. The van der Waals surface area contributed by atoms with Gasteiger partial charge in [-0.05, 0) is 6.92 Å². The summed E-state index contributed by atoms with van der Waals surface area (Å²) in [7, 11) is 3.37. The van der Waals surface area contributed by atoms with Gasteiger partial charge in [-0.25, -0.2) is 0 Å². The molecule has 0 amide bonds. The Kier molecular flexibility index (Phi) is 2.32. The highest BCUT2D eigenvalue weighted by molar-refractivity contribution is 5.05. The third-order valence-corrected chi connectivity index (χ3v) is 3.11. The first kappa shape index (κ1) is 9.40. The summed E-state index contributed by atoms with van der Waals surface area (Å²) in [6, 6.07) is 0. The minimum atomic E-state index is -0.324. The first-order valence-corrected chi connectivity index (χ1v) is 4.53. The van der Waals surface area contributed by atoms with Crippen molar-refractivity contribution < 1.29 is 18.9 Å².